The van der Waals surface area contributed by atoms with Crippen LogP contribution in [0.1, 0.15) is 19.3 Å². The summed E-state index contributed by atoms with van der Waals surface area (Å²) in [7, 11) is 1.78. The van der Waals surface area contributed by atoms with E-state index in [1.54, 1.807) is 36.1 Å². The Labute approximate surface area is 201 Å². The van der Waals surface area contributed by atoms with Gasteiger partial charge in [-0.1, -0.05) is 23.2 Å². The van der Waals surface area contributed by atoms with Gasteiger partial charge in [0.15, 0.2) is 0 Å². The lowest BCUT2D eigenvalue weighted by atomic mass is 10.1. The number of hydrogen-bond donors (Lipinski definition) is 3. The van der Waals surface area contributed by atoms with Crippen molar-refractivity contribution in [1.29, 1.82) is 0 Å². The molecule has 2 amide bonds. The van der Waals surface area contributed by atoms with E-state index in [1.165, 1.54) is 18.6 Å². The van der Waals surface area contributed by atoms with Crippen molar-refractivity contribution in [3.8, 4) is 17.0 Å². The number of carbonyl (C=O) groups is 1. The fraction of sp³-hybridized carbons (Fsp3) is 0.304. The highest BCUT2D eigenvalue weighted by molar-refractivity contribution is 6.33. The molecule has 0 saturated carbocycles. The third kappa shape index (κ3) is 5.76. The summed E-state index contributed by atoms with van der Waals surface area (Å²) in [5.74, 6) is 0.00806. The fourth-order valence-corrected chi connectivity index (χ4v) is 4.25. The number of aromatic nitrogens is 2. The Hall–Kier alpha value is -2.81. The van der Waals surface area contributed by atoms with Gasteiger partial charge in [0.2, 0.25) is 0 Å². The molecule has 1 atom stereocenters. The molecule has 0 bridgehead atoms. The van der Waals surface area contributed by atoms with Gasteiger partial charge >= 0.3 is 6.03 Å². The molecule has 174 valence electrons. The van der Waals surface area contributed by atoms with E-state index in [0.717, 1.165) is 25.5 Å². The number of amides is 2. The van der Waals surface area contributed by atoms with E-state index in [1.807, 2.05) is 0 Å². The second kappa shape index (κ2) is 10.4. The van der Waals surface area contributed by atoms with Crippen LogP contribution in [-0.2, 0) is 7.05 Å². The lowest BCUT2D eigenvalue weighted by Gasteiger charge is -2.16. The van der Waals surface area contributed by atoms with Crippen LogP contribution < -0.4 is 20.7 Å². The van der Waals surface area contributed by atoms with E-state index < -0.39 is 11.8 Å². The highest BCUT2D eigenvalue weighted by Gasteiger charge is 2.18. The molecule has 3 aromatic rings. The minimum absolute atomic E-state index is 0.0206. The number of ether oxygens (including phenoxy) is 1. The molecule has 1 aliphatic heterocycles. The maximum atomic E-state index is 14.0. The third-order valence-electron chi connectivity index (χ3n) is 5.45. The summed E-state index contributed by atoms with van der Waals surface area (Å²) in [5.41, 5.74) is 1.86. The lowest BCUT2D eigenvalue weighted by Crippen LogP contribution is -2.23. The molecule has 0 aliphatic carbocycles. The first-order valence-corrected chi connectivity index (χ1v) is 11.4. The Morgan fingerprint density at radius 2 is 2.12 bits per heavy atom. The summed E-state index contributed by atoms with van der Waals surface area (Å²) in [6.45, 7) is 1.59. The van der Waals surface area contributed by atoms with E-state index >= 15 is 0 Å². The molecular weight excluding hydrogens is 468 g/mol. The number of anilines is 2. The minimum Gasteiger partial charge on any atom is -0.493 e. The fourth-order valence-electron chi connectivity index (χ4n) is 3.82. The average Bonchev–Trinajstić information content (AvgIpc) is 3.41. The Morgan fingerprint density at radius 3 is 2.82 bits per heavy atom. The zero-order chi connectivity index (χ0) is 23.4. The molecule has 1 unspecified atom stereocenters. The SMILES string of the molecule is Cn1ncc(Cl)c1-c1cc(NC(=O)Nc2ccc(Cl)cc2F)ccc1OCCC1CCCN1. The average molecular weight is 492 g/mol. The summed E-state index contributed by atoms with van der Waals surface area (Å²) in [5, 5.41) is 13.6. The van der Waals surface area contributed by atoms with Crippen molar-refractivity contribution < 1.29 is 13.9 Å². The van der Waals surface area contributed by atoms with Crippen molar-refractivity contribution in [2.45, 2.75) is 25.3 Å². The molecule has 4 rings (SSSR count). The van der Waals surface area contributed by atoms with Gasteiger partial charge in [0.05, 0.1) is 29.2 Å². The largest absolute Gasteiger partial charge is 0.493 e. The van der Waals surface area contributed by atoms with Crippen LogP contribution in [0.25, 0.3) is 11.3 Å². The van der Waals surface area contributed by atoms with Gasteiger partial charge in [0, 0.05) is 29.4 Å². The molecule has 33 heavy (non-hydrogen) atoms. The maximum Gasteiger partial charge on any atom is 0.323 e. The third-order valence-corrected chi connectivity index (χ3v) is 5.96. The van der Waals surface area contributed by atoms with Gasteiger partial charge < -0.3 is 20.7 Å². The van der Waals surface area contributed by atoms with Crippen LogP contribution >= 0.6 is 23.2 Å². The van der Waals surface area contributed by atoms with E-state index in [2.05, 4.69) is 21.0 Å². The van der Waals surface area contributed by atoms with Crippen molar-refractivity contribution in [3.63, 3.8) is 0 Å². The normalized spacial score (nSPS) is 15.5. The molecule has 3 N–H and O–H groups in total. The first-order chi connectivity index (χ1) is 15.9. The smallest absolute Gasteiger partial charge is 0.323 e. The van der Waals surface area contributed by atoms with Crippen molar-refractivity contribution >= 4 is 40.6 Å². The van der Waals surface area contributed by atoms with E-state index in [9.17, 15) is 9.18 Å². The van der Waals surface area contributed by atoms with Crippen molar-refractivity contribution in [1.82, 2.24) is 15.1 Å². The van der Waals surface area contributed by atoms with Crippen LogP contribution in [0, 0.1) is 5.82 Å². The van der Waals surface area contributed by atoms with Gasteiger partial charge in [-0.15, -0.1) is 0 Å². The molecule has 0 radical (unpaired) electrons. The highest BCUT2D eigenvalue weighted by Crippen LogP contribution is 2.36. The predicted octanol–water partition coefficient (Wildman–Crippen LogP) is 5.70. The first kappa shape index (κ1) is 23.4. The number of nitrogens with one attached hydrogen (secondary N) is 3. The summed E-state index contributed by atoms with van der Waals surface area (Å²) in [6.07, 6.45) is 4.78. The van der Waals surface area contributed by atoms with Crippen LogP contribution in [0.3, 0.4) is 0 Å². The summed E-state index contributed by atoms with van der Waals surface area (Å²) in [4.78, 5) is 12.5. The zero-order valence-corrected chi connectivity index (χ0v) is 19.5. The number of hydrogen-bond acceptors (Lipinski definition) is 4. The van der Waals surface area contributed by atoms with Crippen LogP contribution in [-0.4, -0.2) is 35.0 Å². The molecule has 2 heterocycles. The van der Waals surface area contributed by atoms with Gasteiger partial charge in [-0.05, 0) is 62.2 Å². The summed E-state index contributed by atoms with van der Waals surface area (Å²) >= 11 is 12.1. The summed E-state index contributed by atoms with van der Waals surface area (Å²) in [6, 6.07) is 9.14. The Bertz CT molecular complexity index is 1130. The van der Waals surface area contributed by atoms with Crippen LogP contribution in [0.5, 0.6) is 5.75 Å². The number of nitrogens with zero attached hydrogens (tertiary/aromatic N) is 2. The van der Waals surface area contributed by atoms with Gasteiger partial charge in [-0.25, -0.2) is 9.18 Å². The molecule has 1 fully saturated rings. The van der Waals surface area contributed by atoms with Gasteiger partial charge in [-0.3, -0.25) is 4.68 Å². The predicted molar refractivity (Wildman–Crippen MR) is 129 cm³/mol. The number of halogens is 3. The number of aryl methyl sites for hydroxylation is 1. The Morgan fingerprint density at radius 1 is 1.27 bits per heavy atom. The summed E-state index contributed by atoms with van der Waals surface area (Å²) < 4.78 is 21.7. The van der Waals surface area contributed by atoms with Gasteiger partial charge in [0.1, 0.15) is 11.6 Å². The van der Waals surface area contributed by atoms with Crippen molar-refractivity contribution in [2.24, 2.45) is 7.05 Å². The molecular formula is C23H24Cl2FN5O2. The Balaban J connectivity index is 1.52. The van der Waals surface area contributed by atoms with E-state index in [4.69, 9.17) is 27.9 Å². The molecule has 7 nitrogen and oxygen atoms in total. The highest BCUT2D eigenvalue weighted by atomic mass is 35.5. The molecule has 10 heteroatoms. The van der Waals surface area contributed by atoms with Crippen LogP contribution in [0.4, 0.5) is 20.6 Å². The molecule has 1 aromatic heterocycles. The van der Waals surface area contributed by atoms with Gasteiger partial charge in [-0.2, -0.15) is 5.10 Å². The molecule has 2 aromatic carbocycles. The lowest BCUT2D eigenvalue weighted by molar-refractivity contribution is 0.262. The molecule has 1 saturated heterocycles. The standard InChI is InChI=1S/C23H24Cl2FN5O2/c1-31-22(18(25)13-28-31)17-12-16(5-7-21(17)33-10-8-15-3-2-9-27-15)29-23(32)30-20-6-4-14(24)11-19(20)26/h4-7,11-13,15,27H,2-3,8-10H2,1H3,(H2,29,30,32). The van der Waals surface area contributed by atoms with Crippen molar-refractivity contribution in [3.05, 3.63) is 58.5 Å². The Kier molecular flexibility index (Phi) is 7.37. The number of carbonyl (C=O) groups excluding carboxylic acids is 1. The second-order valence-electron chi connectivity index (χ2n) is 7.81. The minimum atomic E-state index is -0.625. The second-order valence-corrected chi connectivity index (χ2v) is 8.65. The van der Waals surface area contributed by atoms with Crippen LogP contribution in [0.2, 0.25) is 10.0 Å². The molecule has 1 aliphatic rings. The van der Waals surface area contributed by atoms with Crippen molar-refractivity contribution in [2.75, 3.05) is 23.8 Å². The zero-order valence-electron chi connectivity index (χ0n) is 18.0. The number of urea groups is 1. The number of benzene rings is 2. The van der Waals surface area contributed by atoms with E-state index in [0.29, 0.717) is 40.4 Å². The van der Waals surface area contributed by atoms with Gasteiger partial charge in [0.25, 0.3) is 0 Å². The maximum absolute atomic E-state index is 14.0. The van der Waals surface area contributed by atoms with Crippen LogP contribution in [0.15, 0.2) is 42.6 Å². The molecule has 0 spiro atoms. The van der Waals surface area contributed by atoms with E-state index in [-0.39, 0.29) is 10.7 Å². The topological polar surface area (TPSA) is 80.2 Å². The first-order valence-electron chi connectivity index (χ1n) is 10.6. The quantitative estimate of drug-likeness (QED) is 0.396. The monoisotopic (exact) mass is 491 g/mol. The number of rotatable bonds is 7.